The zero-order valence-corrected chi connectivity index (χ0v) is 10.9. The third kappa shape index (κ3) is 3.59. The SMILES string of the molecule is CCC(NCCc1nncn1CC)C(C)C. The molecule has 0 spiro atoms. The first-order valence-corrected chi connectivity index (χ1v) is 6.29. The van der Waals surface area contributed by atoms with Gasteiger partial charge in [-0.25, -0.2) is 0 Å². The Morgan fingerprint density at radius 1 is 1.38 bits per heavy atom. The van der Waals surface area contributed by atoms with E-state index >= 15 is 0 Å². The second-order valence-corrected chi connectivity index (χ2v) is 4.50. The first-order chi connectivity index (χ1) is 7.69. The van der Waals surface area contributed by atoms with Crippen molar-refractivity contribution in [3.8, 4) is 0 Å². The van der Waals surface area contributed by atoms with Crippen LogP contribution in [0.5, 0.6) is 0 Å². The van der Waals surface area contributed by atoms with Crippen LogP contribution in [0.2, 0.25) is 0 Å². The Labute approximate surface area is 98.5 Å². The highest BCUT2D eigenvalue weighted by molar-refractivity contribution is 4.86. The number of aryl methyl sites for hydroxylation is 1. The molecule has 1 heterocycles. The van der Waals surface area contributed by atoms with Gasteiger partial charge in [0.1, 0.15) is 12.2 Å². The highest BCUT2D eigenvalue weighted by Crippen LogP contribution is 2.05. The summed E-state index contributed by atoms with van der Waals surface area (Å²) >= 11 is 0. The van der Waals surface area contributed by atoms with E-state index in [-0.39, 0.29) is 0 Å². The van der Waals surface area contributed by atoms with Crippen molar-refractivity contribution in [2.75, 3.05) is 6.54 Å². The maximum atomic E-state index is 4.13. The van der Waals surface area contributed by atoms with Crippen molar-refractivity contribution in [3.05, 3.63) is 12.2 Å². The molecule has 1 rings (SSSR count). The Morgan fingerprint density at radius 3 is 2.69 bits per heavy atom. The fraction of sp³-hybridized carbons (Fsp3) is 0.833. The summed E-state index contributed by atoms with van der Waals surface area (Å²) in [6.45, 7) is 10.8. The molecule has 0 aromatic carbocycles. The lowest BCUT2D eigenvalue weighted by molar-refractivity contribution is 0.389. The summed E-state index contributed by atoms with van der Waals surface area (Å²) in [4.78, 5) is 0. The average molecular weight is 224 g/mol. The van der Waals surface area contributed by atoms with Crippen molar-refractivity contribution in [2.24, 2.45) is 5.92 Å². The van der Waals surface area contributed by atoms with Crippen molar-refractivity contribution in [1.29, 1.82) is 0 Å². The lowest BCUT2D eigenvalue weighted by atomic mass is 10.0. The Bertz CT molecular complexity index is 293. The van der Waals surface area contributed by atoms with Crippen LogP contribution in [0.1, 0.15) is 39.9 Å². The second-order valence-electron chi connectivity index (χ2n) is 4.50. The maximum absolute atomic E-state index is 4.13. The summed E-state index contributed by atoms with van der Waals surface area (Å²) in [6.07, 6.45) is 3.93. The minimum absolute atomic E-state index is 0.609. The number of aromatic nitrogens is 3. The van der Waals surface area contributed by atoms with Crippen molar-refractivity contribution in [1.82, 2.24) is 20.1 Å². The number of hydrogen-bond acceptors (Lipinski definition) is 3. The van der Waals surface area contributed by atoms with Gasteiger partial charge in [0.2, 0.25) is 0 Å². The summed E-state index contributed by atoms with van der Waals surface area (Å²) < 4.78 is 2.10. The normalized spacial score (nSPS) is 13.3. The third-order valence-electron chi connectivity index (χ3n) is 3.04. The standard InChI is InChI=1S/C12H24N4/c1-5-11(10(3)4)13-8-7-12-15-14-9-16(12)6-2/h9-11,13H,5-8H2,1-4H3. The van der Waals surface area contributed by atoms with Gasteiger partial charge < -0.3 is 9.88 Å². The molecule has 16 heavy (non-hydrogen) atoms. The van der Waals surface area contributed by atoms with Crippen LogP contribution >= 0.6 is 0 Å². The zero-order chi connectivity index (χ0) is 12.0. The molecule has 0 bridgehead atoms. The molecule has 0 amide bonds. The van der Waals surface area contributed by atoms with Gasteiger partial charge in [0.15, 0.2) is 0 Å². The summed E-state index contributed by atoms with van der Waals surface area (Å²) in [5.41, 5.74) is 0. The van der Waals surface area contributed by atoms with Gasteiger partial charge in [0, 0.05) is 25.6 Å². The molecule has 1 aromatic heterocycles. The van der Waals surface area contributed by atoms with E-state index in [0.717, 1.165) is 25.3 Å². The largest absolute Gasteiger partial charge is 0.318 e. The molecule has 0 radical (unpaired) electrons. The lowest BCUT2D eigenvalue weighted by Gasteiger charge is -2.20. The molecule has 1 N–H and O–H groups in total. The van der Waals surface area contributed by atoms with Crippen LogP contribution in [0.4, 0.5) is 0 Å². The highest BCUT2D eigenvalue weighted by atomic mass is 15.3. The number of nitrogens with zero attached hydrogens (tertiary/aromatic N) is 3. The Morgan fingerprint density at radius 2 is 2.12 bits per heavy atom. The summed E-state index contributed by atoms with van der Waals surface area (Å²) in [6, 6.07) is 0.609. The minimum atomic E-state index is 0.609. The number of nitrogens with one attached hydrogen (secondary N) is 1. The van der Waals surface area contributed by atoms with Gasteiger partial charge in [-0.2, -0.15) is 0 Å². The van der Waals surface area contributed by atoms with Crippen molar-refractivity contribution in [3.63, 3.8) is 0 Å². The molecule has 0 saturated heterocycles. The van der Waals surface area contributed by atoms with E-state index in [9.17, 15) is 0 Å². The summed E-state index contributed by atoms with van der Waals surface area (Å²) in [5.74, 6) is 1.77. The van der Waals surface area contributed by atoms with Crippen LogP contribution in [0.15, 0.2) is 6.33 Å². The predicted molar refractivity (Wildman–Crippen MR) is 66.3 cm³/mol. The monoisotopic (exact) mass is 224 g/mol. The van der Waals surface area contributed by atoms with Gasteiger partial charge in [0.25, 0.3) is 0 Å². The molecule has 0 aliphatic heterocycles. The van der Waals surface area contributed by atoms with E-state index < -0.39 is 0 Å². The van der Waals surface area contributed by atoms with E-state index in [4.69, 9.17) is 0 Å². The fourth-order valence-corrected chi connectivity index (χ4v) is 1.96. The van der Waals surface area contributed by atoms with Gasteiger partial charge in [-0.3, -0.25) is 0 Å². The molecule has 4 heteroatoms. The zero-order valence-electron chi connectivity index (χ0n) is 10.9. The van der Waals surface area contributed by atoms with Crippen molar-refractivity contribution >= 4 is 0 Å². The van der Waals surface area contributed by atoms with Crippen molar-refractivity contribution in [2.45, 2.75) is 53.1 Å². The smallest absolute Gasteiger partial charge is 0.134 e. The number of hydrogen-bond donors (Lipinski definition) is 1. The number of rotatable bonds is 7. The Kier molecular flexibility index (Phi) is 5.46. The van der Waals surface area contributed by atoms with E-state index in [1.807, 2.05) is 0 Å². The minimum Gasteiger partial charge on any atom is -0.318 e. The Hall–Kier alpha value is -0.900. The Balaban J connectivity index is 2.35. The molecular weight excluding hydrogens is 200 g/mol. The highest BCUT2D eigenvalue weighted by Gasteiger charge is 2.10. The van der Waals surface area contributed by atoms with Crippen LogP contribution < -0.4 is 5.32 Å². The van der Waals surface area contributed by atoms with Crippen LogP contribution in [0.3, 0.4) is 0 Å². The molecular formula is C12H24N4. The lowest BCUT2D eigenvalue weighted by Crippen LogP contribution is -2.34. The van der Waals surface area contributed by atoms with Crippen molar-refractivity contribution < 1.29 is 0 Å². The van der Waals surface area contributed by atoms with E-state index in [1.54, 1.807) is 6.33 Å². The molecule has 0 fully saturated rings. The van der Waals surface area contributed by atoms with Crippen LogP contribution in [0.25, 0.3) is 0 Å². The van der Waals surface area contributed by atoms with E-state index in [2.05, 4.69) is 47.8 Å². The predicted octanol–water partition coefficient (Wildman–Crippen LogP) is 1.86. The molecule has 0 aliphatic rings. The third-order valence-corrected chi connectivity index (χ3v) is 3.04. The molecule has 1 aromatic rings. The van der Waals surface area contributed by atoms with E-state index in [1.165, 1.54) is 6.42 Å². The second kappa shape index (κ2) is 6.63. The van der Waals surface area contributed by atoms with Crippen LogP contribution in [-0.2, 0) is 13.0 Å². The maximum Gasteiger partial charge on any atom is 0.134 e. The molecule has 92 valence electrons. The van der Waals surface area contributed by atoms with Crippen LogP contribution in [0, 0.1) is 5.92 Å². The molecule has 1 unspecified atom stereocenters. The molecule has 0 saturated carbocycles. The first-order valence-electron chi connectivity index (χ1n) is 6.29. The first kappa shape index (κ1) is 13.2. The molecule has 0 aliphatic carbocycles. The molecule has 4 nitrogen and oxygen atoms in total. The van der Waals surface area contributed by atoms with Gasteiger partial charge in [0.05, 0.1) is 0 Å². The van der Waals surface area contributed by atoms with Crippen LogP contribution in [-0.4, -0.2) is 27.4 Å². The van der Waals surface area contributed by atoms with E-state index in [0.29, 0.717) is 12.0 Å². The van der Waals surface area contributed by atoms with Gasteiger partial charge in [-0.15, -0.1) is 10.2 Å². The fourth-order valence-electron chi connectivity index (χ4n) is 1.96. The van der Waals surface area contributed by atoms with Gasteiger partial charge in [-0.1, -0.05) is 20.8 Å². The topological polar surface area (TPSA) is 42.7 Å². The quantitative estimate of drug-likeness (QED) is 0.769. The van der Waals surface area contributed by atoms with Gasteiger partial charge in [-0.05, 0) is 19.3 Å². The van der Waals surface area contributed by atoms with Gasteiger partial charge >= 0.3 is 0 Å². The average Bonchev–Trinajstić information content (AvgIpc) is 2.71. The summed E-state index contributed by atoms with van der Waals surface area (Å²) in [5, 5.41) is 11.6. The molecule has 1 atom stereocenters. The summed E-state index contributed by atoms with van der Waals surface area (Å²) in [7, 11) is 0.